The Hall–Kier alpha value is -3.85. The van der Waals surface area contributed by atoms with Gasteiger partial charge in [0.2, 0.25) is 0 Å². The Bertz CT molecular complexity index is 1730. The summed E-state index contributed by atoms with van der Waals surface area (Å²) >= 11 is 0. The number of hydrogen-bond donors (Lipinski definition) is 0. The quantitative estimate of drug-likeness (QED) is 0.388. The molecule has 1 aromatic carbocycles. The van der Waals surface area contributed by atoms with Crippen LogP contribution in [0.2, 0.25) is 0 Å². The molecular weight excluding hydrogens is 450 g/mol. The van der Waals surface area contributed by atoms with Gasteiger partial charge >= 0.3 is 5.69 Å². The van der Waals surface area contributed by atoms with Crippen LogP contribution in [0.1, 0.15) is 24.6 Å². The fraction of sp³-hybridized carbons (Fsp3) is 0.200. The minimum atomic E-state index is -3.41. The van der Waals surface area contributed by atoms with Gasteiger partial charge in [-0.25, -0.2) is 18.2 Å². The maximum atomic E-state index is 13.4. The lowest BCUT2D eigenvalue weighted by Crippen LogP contribution is -2.24. The Morgan fingerprint density at radius 3 is 2.53 bits per heavy atom. The highest BCUT2D eigenvalue weighted by Gasteiger charge is 2.29. The van der Waals surface area contributed by atoms with Crippen molar-refractivity contribution in [1.82, 2.24) is 24.1 Å². The van der Waals surface area contributed by atoms with Crippen molar-refractivity contribution in [3.8, 4) is 11.1 Å². The van der Waals surface area contributed by atoms with Gasteiger partial charge in [-0.2, -0.15) is 0 Å². The zero-order valence-electron chi connectivity index (χ0n) is 18.4. The number of nitrogens with zero attached hydrogens (tertiary/aromatic N) is 5. The van der Waals surface area contributed by atoms with Gasteiger partial charge in [-0.05, 0) is 36.4 Å². The van der Waals surface area contributed by atoms with Gasteiger partial charge in [-0.15, -0.1) is 0 Å². The summed E-state index contributed by atoms with van der Waals surface area (Å²) in [4.78, 5) is 26.6. The van der Waals surface area contributed by atoms with Gasteiger partial charge in [-0.1, -0.05) is 24.3 Å². The molecule has 0 amide bonds. The first kappa shape index (κ1) is 20.7. The van der Waals surface area contributed by atoms with E-state index in [-0.39, 0.29) is 23.3 Å². The van der Waals surface area contributed by atoms with Gasteiger partial charge in [0.05, 0.1) is 29.5 Å². The summed E-state index contributed by atoms with van der Waals surface area (Å²) in [5, 5.41) is 1.92. The van der Waals surface area contributed by atoms with Crippen LogP contribution in [0, 0.1) is 0 Å². The molecule has 0 radical (unpaired) electrons. The second kappa shape index (κ2) is 7.59. The van der Waals surface area contributed by atoms with E-state index in [2.05, 4.69) is 9.97 Å². The lowest BCUT2D eigenvalue weighted by atomic mass is 9.98. The number of hydrogen-bond acceptors (Lipinski definition) is 6. The minimum Gasteiger partial charge on any atom is -0.289 e. The van der Waals surface area contributed by atoms with Gasteiger partial charge in [0.1, 0.15) is 0 Å². The number of rotatable bonds is 5. The van der Waals surface area contributed by atoms with Crippen LogP contribution in [-0.4, -0.2) is 38.8 Å². The number of pyridine rings is 3. The highest BCUT2D eigenvalue weighted by Crippen LogP contribution is 2.36. The average molecular weight is 472 g/mol. The van der Waals surface area contributed by atoms with Crippen LogP contribution in [0.15, 0.2) is 77.1 Å². The van der Waals surface area contributed by atoms with Crippen LogP contribution in [0.3, 0.4) is 0 Å². The number of fused-ring (bicyclic) bond motifs is 2. The summed E-state index contributed by atoms with van der Waals surface area (Å²) in [6.07, 6.45) is 9.92. The van der Waals surface area contributed by atoms with Crippen LogP contribution < -0.4 is 5.69 Å². The van der Waals surface area contributed by atoms with Crippen molar-refractivity contribution in [2.45, 2.75) is 30.5 Å². The molecule has 0 aliphatic heterocycles. The molecule has 1 aliphatic rings. The maximum Gasteiger partial charge on any atom is 0.329 e. The zero-order valence-corrected chi connectivity index (χ0v) is 19.2. The zero-order chi connectivity index (χ0) is 23.4. The first-order valence-electron chi connectivity index (χ1n) is 11.0. The Kier molecular flexibility index (Phi) is 4.63. The predicted molar refractivity (Wildman–Crippen MR) is 129 cm³/mol. The van der Waals surface area contributed by atoms with Crippen LogP contribution in [-0.2, 0) is 16.4 Å². The molecule has 0 unspecified atom stereocenters. The normalized spacial score (nSPS) is 14.1. The molecule has 5 aromatic rings. The van der Waals surface area contributed by atoms with Crippen molar-refractivity contribution < 1.29 is 8.42 Å². The molecular formula is C25H21N5O3S. The first-order chi connectivity index (χ1) is 16.4. The molecule has 0 saturated heterocycles. The van der Waals surface area contributed by atoms with E-state index in [9.17, 15) is 13.2 Å². The highest BCUT2D eigenvalue weighted by atomic mass is 32.2. The molecule has 8 nitrogen and oxygen atoms in total. The monoisotopic (exact) mass is 471 g/mol. The third-order valence-electron chi connectivity index (χ3n) is 6.27. The third-order valence-corrected chi connectivity index (χ3v) is 7.27. The Morgan fingerprint density at radius 1 is 0.971 bits per heavy atom. The fourth-order valence-electron chi connectivity index (χ4n) is 4.51. The van der Waals surface area contributed by atoms with Crippen LogP contribution >= 0.6 is 0 Å². The lowest BCUT2D eigenvalue weighted by Gasteiger charge is -2.13. The van der Waals surface area contributed by atoms with E-state index >= 15 is 0 Å². The Balaban J connectivity index is 1.56. The van der Waals surface area contributed by atoms with Crippen molar-refractivity contribution in [2.24, 2.45) is 0 Å². The standard InChI is InChI=1S/C25H21N5O3S/c1-34(32,33)23-9-6-17(13-28-23)24-19-5-3-2-4-16(19)12-27-20(24)15-29-22-14-26-11-10-21(22)30(25(29)31)18-7-8-18/h2-6,9-14,18H,7-8,15H2,1H3. The SMILES string of the molecule is CS(=O)(=O)c1ccc(-c2c(Cn3c(=O)n(C4CC4)c4ccncc43)ncc3ccccc23)cn1. The molecule has 1 saturated carbocycles. The summed E-state index contributed by atoms with van der Waals surface area (Å²) in [6, 6.07) is 13.2. The number of sulfone groups is 1. The van der Waals surface area contributed by atoms with Crippen LogP contribution in [0.5, 0.6) is 0 Å². The molecule has 6 rings (SSSR count). The van der Waals surface area contributed by atoms with Crippen molar-refractivity contribution >= 4 is 31.6 Å². The molecule has 4 aromatic heterocycles. The molecule has 0 spiro atoms. The van der Waals surface area contributed by atoms with E-state index in [1.54, 1.807) is 35.4 Å². The van der Waals surface area contributed by atoms with Crippen LogP contribution in [0.4, 0.5) is 0 Å². The van der Waals surface area contributed by atoms with Gasteiger partial charge in [0.15, 0.2) is 14.9 Å². The van der Waals surface area contributed by atoms with Gasteiger partial charge in [0, 0.05) is 47.4 Å². The molecule has 9 heteroatoms. The summed E-state index contributed by atoms with van der Waals surface area (Å²) in [6.45, 7) is 0.259. The smallest absolute Gasteiger partial charge is 0.289 e. The second-order valence-corrected chi connectivity index (χ2v) is 10.6. The second-order valence-electron chi connectivity index (χ2n) is 8.66. The first-order valence-corrected chi connectivity index (χ1v) is 12.9. The number of imidazole rings is 1. The largest absolute Gasteiger partial charge is 0.329 e. The summed E-state index contributed by atoms with van der Waals surface area (Å²) in [5.41, 5.74) is 3.85. The van der Waals surface area contributed by atoms with E-state index in [4.69, 9.17) is 4.98 Å². The molecule has 0 bridgehead atoms. The third kappa shape index (κ3) is 3.40. The molecule has 0 N–H and O–H groups in total. The van der Waals surface area contributed by atoms with Crippen molar-refractivity contribution in [3.05, 3.63) is 83.4 Å². The molecule has 4 heterocycles. The van der Waals surface area contributed by atoms with Gasteiger partial charge < -0.3 is 0 Å². The highest BCUT2D eigenvalue weighted by molar-refractivity contribution is 7.90. The Morgan fingerprint density at radius 2 is 1.79 bits per heavy atom. The summed E-state index contributed by atoms with van der Waals surface area (Å²) in [7, 11) is -3.41. The average Bonchev–Trinajstić information content (AvgIpc) is 3.63. The fourth-order valence-corrected chi connectivity index (χ4v) is 5.07. The van der Waals surface area contributed by atoms with Crippen molar-refractivity contribution in [3.63, 3.8) is 0 Å². The van der Waals surface area contributed by atoms with Crippen molar-refractivity contribution in [1.29, 1.82) is 0 Å². The molecule has 0 atom stereocenters. The number of benzene rings is 1. The Labute approximate surface area is 195 Å². The molecule has 1 aliphatic carbocycles. The van der Waals surface area contributed by atoms with Crippen molar-refractivity contribution in [2.75, 3.05) is 6.26 Å². The van der Waals surface area contributed by atoms with Gasteiger partial charge in [-0.3, -0.25) is 19.1 Å². The van der Waals surface area contributed by atoms with E-state index < -0.39 is 9.84 Å². The van der Waals surface area contributed by atoms with E-state index in [0.717, 1.165) is 52.0 Å². The van der Waals surface area contributed by atoms with Gasteiger partial charge in [0.25, 0.3) is 0 Å². The minimum absolute atomic E-state index is 0.0146. The predicted octanol–water partition coefficient (Wildman–Crippen LogP) is 3.59. The molecule has 34 heavy (non-hydrogen) atoms. The lowest BCUT2D eigenvalue weighted by molar-refractivity contribution is 0.598. The molecule has 1 fully saturated rings. The molecule has 170 valence electrons. The van der Waals surface area contributed by atoms with E-state index in [1.165, 1.54) is 6.07 Å². The van der Waals surface area contributed by atoms with E-state index in [0.29, 0.717) is 5.69 Å². The summed E-state index contributed by atoms with van der Waals surface area (Å²) < 4.78 is 27.4. The topological polar surface area (TPSA) is 99.7 Å². The van der Waals surface area contributed by atoms with E-state index in [1.807, 2.05) is 34.9 Å². The maximum absolute atomic E-state index is 13.4. The summed E-state index contributed by atoms with van der Waals surface area (Å²) in [5.74, 6) is 0. The van der Waals surface area contributed by atoms with Crippen LogP contribution in [0.25, 0.3) is 32.9 Å². The number of aromatic nitrogens is 5.